The average Bonchev–Trinajstić information content (AvgIpc) is 2.64. The molecule has 0 atom stereocenters. The molecule has 0 aliphatic heterocycles. The first kappa shape index (κ1) is 19.5. The minimum Gasteiger partial charge on any atom is -0.382 e. The average molecular weight is 360 g/mol. The number of halogens is 1. The van der Waals surface area contributed by atoms with Crippen molar-refractivity contribution in [3.8, 4) is 0 Å². The molecule has 0 fully saturated rings. The van der Waals surface area contributed by atoms with Crippen molar-refractivity contribution in [3.05, 3.63) is 65.5 Å². The number of aryl methyl sites for hydroxylation is 1. The van der Waals surface area contributed by atoms with Gasteiger partial charge in [-0.3, -0.25) is 0 Å². The molecule has 0 amide bonds. The number of rotatable bonds is 10. The van der Waals surface area contributed by atoms with Crippen molar-refractivity contribution in [3.63, 3.8) is 0 Å². The lowest BCUT2D eigenvalue weighted by atomic mass is 10.0. The highest BCUT2D eigenvalue weighted by Gasteiger charge is 2.10. The molecule has 0 aliphatic rings. The SMILES string of the molecule is CCCCCCCCc1ccc(C(=O)OSc2ccccc2F)cc1. The molecular weight excluding hydrogens is 335 g/mol. The summed E-state index contributed by atoms with van der Waals surface area (Å²) in [7, 11) is 0. The van der Waals surface area contributed by atoms with Gasteiger partial charge in [0.15, 0.2) is 0 Å². The number of carbonyl (C=O) groups is 1. The third-order valence-corrected chi connectivity index (χ3v) is 4.80. The summed E-state index contributed by atoms with van der Waals surface area (Å²) in [5, 5.41) is 0. The van der Waals surface area contributed by atoms with Crippen molar-refractivity contribution < 1.29 is 13.4 Å². The van der Waals surface area contributed by atoms with Gasteiger partial charge in [-0.05, 0) is 42.7 Å². The molecule has 0 saturated heterocycles. The monoisotopic (exact) mass is 360 g/mol. The molecule has 0 saturated carbocycles. The summed E-state index contributed by atoms with van der Waals surface area (Å²) < 4.78 is 18.6. The number of hydrogen-bond acceptors (Lipinski definition) is 3. The predicted octanol–water partition coefficient (Wildman–Crippen LogP) is 6.59. The lowest BCUT2D eigenvalue weighted by Gasteiger charge is -2.05. The van der Waals surface area contributed by atoms with Gasteiger partial charge in [-0.25, -0.2) is 9.18 Å². The zero-order valence-corrected chi connectivity index (χ0v) is 15.5. The van der Waals surface area contributed by atoms with E-state index in [1.807, 2.05) is 12.1 Å². The van der Waals surface area contributed by atoms with E-state index in [0.717, 1.165) is 18.5 Å². The summed E-state index contributed by atoms with van der Waals surface area (Å²) in [6.45, 7) is 2.22. The van der Waals surface area contributed by atoms with Gasteiger partial charge in [0.2, 0.25) is 0 Å². The Morgan fingerprint density at radius 2 is 1.64 bits per heavy atom. The predicted molar refractivity (Wildman–Crippen MR) is 101 cm³/mol. The maximum absolute atomic E-state index is 13.5. The molecule has 0 heterocycles. The molecule has 0 aliphatic carbocycles. The highest BCUT2D eigenvalue weighted by atomic mass is 32.2. The van der Waals surface area contributed by atoms with Crippen LogP contribution >= 0.6 is 12.0 Å². The van der Waals surface area contributed by atoms with Gasteiger partial charge in [-0.2, -0.15) is 0 Å². The molecule has 0 N–H and O–H groups in total. The maximum Gasteiger partial charge on any atom is 0.350 e. The fraction of sp³-hybridized carbons (Fsp3) is 0.381. The minimum absolute atomic E-state index is 0.301. The van der Waals surface area contributed by atoms with Crippen molar-refractivity contribution in [2.24, 2.45) is 0 Å². The summed E-state index contributed by atoms with van der Waals surface area (Å²) in [5.41, 5.74) is 1.71. The molecular formula is C21H25FO2S. The Hall–Kier alpha value is -1.81. The van der Waals surface area contributed by atoms with Crippen LogP contribution in [0.3, 0.4) is 0 Å². The quantitative estimate of drug-likeness (QED) is 0.353. The first-order valence-electron chi connectivity index (χ1n) is 8.93. The smallest absolute Gasteiger partial charge is 0.350 e. The van der Waals surface area contributed by atoms with E-state index in [-0.39, 0.29) is 0 Å². The first-order chi connectivity index (χ1) is 12.2. The van der Waals surface area contributed by atoms with Crippen LogP contribution in [0, 0.1) is 5.82 Å². The van der Waals surface area contributed by atoms with Crippen LogP contribution in [0.1, 0.15) is 61.4 Å². The van der Waals surface area contributed by atoms with E-state index in [4.69, 9.17) is 4.18 Å². The topological polar surface area (TPSA) is 26.3 Å². The molecule has 2 aromatic carbocycles. The Labute approximate surface area is 154 Å². The Morgan fingerprint density at radius 3 is 2.36 bits per heavy atom. The van der Waals surface area contributed by atoms with Crippen molar-refractivity contribution in [2.75, 3.05) is 0 Å². The lowest BCUT2D eigenvalue weighted by molar-refractivity contribution is 0.0768. The number of carbonyl (C=O) groups excluding carboxylic acids is 1. The van der Waals surface area contributed by atoms with Gasteiger partial charge in [-0.1, -0.05) is 63.3 Å². The van der Waals surface area contributed by atoms with E-state index < -0.39 is 11.8 Å². The Bertz CT molecular complexity index is 655. The molecule has 0 spiro atoms. The Kier molecular flexibility index (Phi) is 8.53. The molecule has 2 aromatic rings. The van der Waals surface area contributed by atoms with Gasteiger partial charge < -0.3 is 4.18 Å². The zero-order chi connectivity index (χ0) is 17.9. The summed E-state index contributed by atoms with van der Waals surface area (Å²) in [4.78, 5) is 12.3. The molecule has 134 valence electrons. The third kappa shape index (κ3) is 6.91. The highest BCUT2D eigenvalue weighted by molar-refractivity contribution is 7.95. The summed E-state index contributed by atoms with van der Waals surface area (Å²) in [5.74, 6) is -0.853. The van der Waals surface area contributed by atoms with Crippen LogP contribution in [-0.2, 0) is 10.6 Å². The van der Waals surface area contributed by atoms with E-state index in [1.54, 1.807) is 30.3 Å². The number of unbranched alkanes of at least 4 members (excludes halogenated alkanes) is 5. The van der Waals surface area contributed by atoms with Crippen LogP contribution in [0.4, 0.5) is 4.39 Å². The van der Waals surface area contributed by atoms with Crippen LogP contribution in [0.5, 0.6) is 0 Å². The number of benzene rings is 2. The summed E-state index contributed by atoms with van der Waals surface area (Å²) >= 11 is 0.753. The zero-order valence-electron chi connectivity index (χ0n) is 14.7. The van der Waals surface area contributed by atoms with Crippen molar-refractivity contribution in [1.29, 1.82) is 0 Å². The molecule has 0 radical (unpaired) electrons. The molecule has 2 nitrogen and oxygen atoms in total. The molecule has 2 rings (SSSR count). The van der Waals surface area contributed by atoms with Crippen LogP contribution < -0.4 is 0 Å². The van der Waals surface area contributed by atoms with Crippen LogP contribution in [0.15, 0.2) is 53.4 Å². The normalized spacial score (nSPS) is 10.6. The standard InChI is InChI=1S/C21H25FO2S/c1-2-3-4-5-6-7-10-17-13-15-18(16-14-17)21(23)24-25-20-12-9-8-11-19(20)22/h8-9,11-16H,2-7,10H2,1H3. The van der Waals surface area contributed by atoms with Crippen molar-refractivity contribution in [2.45, 2.75) is 56.8 Å². The van der Waals surface area contributed by atoms with Gasteiger partial charge in [0.1, 0.15) is 5.82 Å². The molecule has 0 bridgehead atoms. The van der Waals surface area contributed by atoms with Crippen LogP contribution in [0.2, 0.25) is 0 Å². The minimum atomic E-state index is -0.459. The second kappa shape index (κ2) is 10.9. The maximum atomic E-state index is 13.5. The summed E-state index contributed by atoms with van der Waals surface area (Å²) in [6.07, 6.45) is 8.67. The fourth-order valence-electron chi connectivity index (χ4n) is 2.56. The van der Waals surface area contributed by atoms with Crippen molar-refractivity contribution in [1.82, 2.24) is 0 Å². The van der Waals surface area contributed by atoms with Gasteiger partial charge in [0, 0.05) is 0 Å². The largest absolute Gasteiger partial charge is 0.382 e. The van der Waals surface area contributed by atoms with E-state index in [0.29, 0.717) is 10.5 Å². The molecule has 4 heteroatoms. The van der Waals surface area contributed by atoms with Gasteiger partial charge in [-0.15, -0.1) is 0 Å². The third-order valence-electron chi connectivity index (χ3n) is 4.05. The van der Waals surface area contributed by atoms with E-state index in [9.17, 15) is 9.18 Å². The number of hydrogen-bond donors (Lipinski definition) is 0. The van der Waals surface area contributed by atoms with E-state index >= 15 is 0 Å². The summed E-state index contributed by atoms with van der Waals surface area (Å²) in [6, 6.07) is 13.7. The Morgan fingerprint density at radius 1 is 0.960 bits per heavy atom. The second-order valence-corrected chi connectivity index (χ2v) is 6.87. The Balaban J connectivity index is 1.75. The van der Waals surface area contributed by atoms with Gasteiger partial charge in [0.05, 0.1) is 22.5 Å². The second-order valence-electron chi connectivity index (χ2n) is 6.10. The van der Waals surface area contributed by atoms with E-state index in [2.05, 4.69) is 6.92 Å². The lowest BCUT2D eigenvalue weighted by Crippen LogP contribution is -2.00. The first-order valence-corrected chi connectivity index (χ1v) is 9.67. The van der Waals surface area contributed by atoms with Crippen molar-refractivity contribution >= 4 is 18.0 Å². The van der Waals surface area contributed by atoms with Gasteiger partial charge >= 0.3 is 5.97 Å². The van der Waals surface area contributed by atoms with E-state index in [1.165, 1.54) is 50.2 Å². The van der Waals surface area contributed by atoms with Crippen LogP contribution in [-0.4, -0.2) is 5.97 Å². The van der Waals surface area contributed by atoms with Crippen LogP contribution in [0.25, 0.3) is 0 Å². The van der Waals surface area contributed by atoms with Gasteiger partial charge in [0.25, 0.3) is 0 Å². The highest BCUT2D eigenvalue weighted by Crippen LogP contribution is 2.23. The molecule has 0 aromatic heterocycles. The molecule has 0 unspecified atom stereocenters. The molecule has 25 heavy (non-hydrogen) atoms. The fourth-order valence-corrected chi connectivity index (χ4v) is 3.10.